The summed E-state index contributed by atoms with van der Waals surface area (Å²) in [5.74, 6) is 1.05. The second-order valence-electron chi connectivity index (χ2n) is 5.05. The summed E-state index contributed by atoms with van der Waals surface area (Å²) in [7, 11) is 3.31. The number of ketones is 1. The molecular formula is C12H22O3. The van der Waals surface area contributed by atoms with E-state index in [0.29, 0.717) is 11.7 Å². The molecule has 0 aromatic heterocycles. The summed E-state index contributed by atoms with van der Waals surface area (Å²) in [6.45, 7) is 6.01. The van der Waals surface area contributed by atoms with Gasteiger partial charge in [0.25, 0.3) is 0 Å². The van der Waals surface area contributed by atoms with E-state index in [9.17, 15) is 4.79 Å². The fourth-order valence-electron chi connectivity index (χ4n) is 2.63. The molecule has 0 amide bonds. The molecule has 0 unspecified atom stereocenters. The van der Waals surface area contributed by atoms with Crippen molar-refractivity contribution >= 4 is 5.78 Å². The molecule has 0 bridgehead atoms. The second kappa shape index (κ2) is 4.62. The molecule has 15 heavy (non-hydrogen) atoms. The third kappa shape index (κ3) is 2.40. The number of carbonyl (C=O) groups is 1. The van der Waals surface area contributed by atoms with Crippen LogP contribution in [0.3, 0.4) is 0 Å². The van der Waals surface area contributed by atoms with Gasteiger partial charge in [-0.05, 0) is 24.7 Å². The lowest BCUT2D eigenvalue weighted by molar-refractivity contribution is -0.157. The highest BCUT2D eigenvalue weighted by atomic mass is 16.7. The summed E-state index contributed by atoms with van der Waals surface area (Å²) in [4.78, 5) is 11.3. The Morgan fingerprint density at radius 3 is 2.27 bits per heavy atom. The number of ether oxygens (including phenoxy) is 2. The van der Waals surface area contributed by atoms with Crippen LogP contribution < -0.4 is 0 Å². The molecule has 88 valence electrons. The highest BCUT2D eigenvalue weighted by Crippen LogP contribution is 2.53. The van der Waals surface area contributed by atoms with Gasteiger partial charge >= 0.3 is 0 Å². The third-order valence-electron chi connectivity index (χ3n) is 3.96. The van der Waals surface area contributed by atoms with Crippen LogP contribution in [0.5, 0.6) is 0 Å². The minimum atomic E-state index is -0.137. The Hall–Kier alpha value is -0.410. The number of carbonyl (C=O) groups excluding carboxylic acids is 1. The first-order valence-corrected chi connectivity index (χ1v) is 5.49. The lowest BCUT2D eigenvalue weighted by Gasteiger charge is -2.52. The fraction of sp³-hybridized carbons (Fsp3) is 0.917. The molecule has 0 aromatic carbocycles. The van der Waals surface area contributed by atoms with E-state index in [0.717, 1.165) is 12.8 Å². The van der Waals surface area contributed by atoms with Gasteiger partial charge in [0, 0.05) is 26.6 Å². The molecular weight excluding hydrogens is 192 g/mol. The van der Waals surface area contributed by atoms with Crippen LogP contribution in [0.2, 0.25) is 0 Å². The van der Waals surface area contributed by atoms with E-state index in [1.165, 1.54) is 0 Å². The zero-order valence-electron chi connectivity index (χ0n) is 10.4. The maximum Gasteiger partial charge on any atom is 0.157 e. The summed E-state index contributed by atoms with van der Waals surface area (Å²) in [5.41, 5.74) is 0.0984. The second-order valence-corrected chi connectivity index (χ2v) is 5.05. The predicted octanol–water partition coefficient (Wildman–Crippen LogP) is 2.25. The van der Waals surface area contributed by atoms with Gasteiger partial charge in [0.15, 0.2) is 6.29 Å². The van der Waals surface area contributed by atoms with Crippen molar-refractivity contribution in [2.24, 2.45) is 17.3 Å². The van der Waals surface area contributed by atoms with Crippen LogP contribution in [0.1, 0.15) is 33.6 Å². The Kier molecular flexibility index (Phi) is 3.90. The first-order valence-electron chi connectivity index (χ1n) is 5.49. The summed E-state index contributed by atoms with van der Waals surface area (Å²) < 4.78 is 10.4. The SMILES string of the molecule is COC(C[C@@H]1C[C@H](C(C)=O)C1(C)C)OC. The van der Waals surface area contributed by atoms with E-state index in [1.54, 1.807) is 21.1 Å². The van der Waals surface area contributed by atoms with Crippen molar-refractivity contribution in [1.29, 1.82) is 0 Å². The Labute approximate surface area is 92.1 Å². The Morgan fingerprint density at radius 1 is 1.40 bits per heavy atom. The van der Waals surface area contributed by atoms with Gasteiger partial charge in [0.05, 0.1) is 0 Å². The molecule has 2 atom stereocenters. The molecule has 0 N–H and O–H groups in total. The molecule has 0 radical (unpaired) electrons. The Morgan fingerprint density at radius 2 is 1.93 bits per heavy atom. The predicted molar refractivity (Wildman–Crippen MR) is 58.5 cm³/mol. The first kappa shape index (κ1) is 12.7. The molecule has 1 rings (SSSR count). The Bertz CT molecular complexity index is 231. The van der Waals surface area contributed by atoms with Crippen molar-refractivity contribution in [2.75, 3.05) is 14.2 Å². The number of Topliss-reactive ketones (excluding diaryl/α,β-unsaturated/α-hetero) is 1. The molecule has 0 aromatic rings. The summed E-state index contributed by atoms with van der Waals surface area (Å²) in [5, 5.41) is 0. The quantitative estimate of drug-likeness (QED) is 0.658. The summed E-state index contributed by atoms with van der Waals surface area (Å²) in [6, 6.07) is 0. The monoisotopic (exact) mass is 214 g/mol. The highest BCUT2D eigenvalue weighted by molar-refractivity contribution is 5.80. The van der Waals surface area contributed by atoms with E-state index >= 15 is 0 Å². The van der Waals surface area contributed by atoms with E-state index in [1.807, 2.05) is 0 Å². The zero-order chi connectivity index (χ0) is 11.6. The topological polar surface area (TPSA) is 35.5 Å². The minimum Gasteiger partial charge on any atom is -0.356 e. The van der Waals surface area contributed by atoms with E-state index in [2.05, 4.69) is 13.8 Å². The van der Waals surface area contributed by atoms with Gasteiger partial charge in [-0.2, -0.15) is 0 Å². The molecule has 3 heteroatoms. The van der Waals surface area contributed by atoms with Crippen LogP contribution in [0.4, 0.5) is 0 Å². The average molecular weight is 214 g/mol. The smallest absolute Gasteiger partial charge is 0.157 e. The van der Waals surface area contributed by atoms with Crippen molar-refractivity contribution < 1.29 is 14.3 Å². The zero-order valence-corrected chi connectivity index (χ0v) is 10.4. The van der Waals surface area contributed by atoms with Gasteiger partial charge in [-0.3, -0.25) is 4.79 Å². The first-order chi connectivity index (χ1) is 6.93. The van der Waals surface area contributed by atoms with Crippen LogP contribution in [0.25, 0.3) is 0 Å². The van der Waals surface area contributed by atoms with Gasteiger partial charge in [-0.15, -0.1) is 0 Å². The number of hydrogen-bond donors (Lipinski definition) is 0. The largest absolute Gasteiger partial charge is 0.356 e. The number of hydrogen-bond acceptors (Lipinski definition) is 3. The van der Waals surface area contributed by atoms with E-state index < -0.39 is 0 Å². The van der Waals surface area contributed by atoms with E-state index in [-0.39, 0.29) is 17.6 Å². The maximum atomic E-state index is 11.3. The maximum absolute atomic E-state index is 11.3. The lowest BCUT2D eigenvalue weighted by atomic mass is 9.52. The minimum absolute atomic E-state index is 0.0984. The van der Waals surface area contributed by atoms with Gasteiger partial charge in [-0.1, -0.05) is 13.8 Å². The summed E-state index contributed by atoms with van der Waals surface area (Å²) >= 11 is 0. The average Bonchev–Trinajstić information content (AvgIpc) is 2.16. The molecule has 0 aliphatic heterocycles. The fourth-order valence-corrected chi connectivity index (χ4v) is 2.63. The molecule has 1 aliphatic carbocycles. The van der Waals surface area contributed by atoms with Gasteiger partial charge < -0.3 is 9.47 Å². The molecule has 0 heterocycles. The molecule has 1 fully saturated rings. The van der Waals surface area contributed by atoms with Crippen LogP contribution in [-0.4, -0.2) is 26.3 Å². The molecule has 3 nitrogen and oxygen atoms in total. The molecule has 1 saturated carbocycles. The van der Waals surface area contributed by atoms with Crippen LogP contribution in [-0.2, 0) is 14.3 Å². The van der Waals surface area contributed by atoms with Crippen LogP contribution in [0.15, 0.2) is 0 Å². The van der Waals surface area contributed by atoms with Gasteiger partial charge in [0.2, 0.25) is 0 Å². The number of methoxy groups -OCH3 is 2. The highest BCUT2D eigenvalue weighted by Gasteiger charge is 2.50. The van der Waals surface area contributed by atoms with E-state index in [4.69, 9.17) is 9.47 Å². The lowest BCUT2D eigenvalue weighted by Crippen LogP contribution is -2.49. The van der Waals surface area contributed by atoms with Gasteiger partial charge in [-0.25, -0.2) is 0 Å². The van der Waals surface area contributed by atoms with Crippen LogP contribution >= 0.6 is 0 Å². The third-order valence-corrected chi connectivity index (χ3v) is 3.96. The van der Waals surface area contributed by atoms with Crippen molar-refractivity contribution in [2.45, 2.75) is 39.9 Å². The Balaban J connectivity index is 2.51. The van der Waals surface area contributed by atoms with Crippen molar-refractivity contribution in [1.82, 2.24) is 0 Å². The van der Waals surface area contributed by atoms with Gasteiger partial charge in [0.1, 0.15) is 5.78 Å². The van der Waals surface area contributed by atoms with Crippen LogP contribution in [0, 0.1) is 17.3 Å². The standard InChI is InChI=1S/C12H22O3/c1-8(13)10-6-9(12(10,2)3)7-11(14-4)15-5/h9-11H,6-7H2,1-5H3/t9-,10+/m0/s1. The number of rotatable bonds is 5. The van der Waals surface area contributed by atoms with Crippen molar-refractivity contribution in [3.63, 3.8) is 0 Å². The normalized spacial score (nSPS) is 28.9. The van der Waals surface area contributed by atoms with Crippen molar-refractivity contribution in [3.8, 4) is 0 Å². The molecule has 1 aliphatic rings. The molecule has 0 spiro atoms. The summed E-state index contributed by atoms with van der Waals surface area (Å²) in [6.07, 6.45) is 1.72. The molecule has 0 saturated heterocycles. The van der Waals surface area contributed by atoms with Crippen molar-refractivity contribution in [3.05, 3.63) is 0 Å².